The topological polar surface area (TPSA) is 122 Å². The van der Waals surface area contributed by atoms with Crippen LogP contribution in [0.4, 0.5) is 0 Å². The van der Waals surface area contributed by atoms with Gasteiger partial charge in [0.15, 0.2) is 5.60 Å². The zero-order valence-corrected chi connectivity index (χ0v) is 25.7. The molecule has 0 saturated heterocycles. The van der Waals surface area contributed by atoms with Gasteiger partial charge in [0.25, 0.3) is 0 Å². The molecule has 6 unspecified atom stereocenters. The first-order valence-corrected chi connectivity index (χ1v) is 14.3. The molecule has 0 radical (unpaired) electrons. The Hall–Kier alpha value is -3.75. The van der Waals surface area contributed by atoms with Gasteiger partial charge < -0.3 is 18.9 Å². The molecular weight excluding hydrogens is 540 g/mol. The van der Waals surface area contributed by atoms with Crippen molar-refractivity contribution in [3.05, 3.63) is 59.2 Å². The van der Waals surface area contributed by atoms with Crippen LogP contribution in [0.5, 0.6) is 0 Å². The molecule has 2 aliphatic rings. The standard InChI is InChI=1S/C33H42O9/c1-19-14-15-32(7,8)28(39-22(4)34)17-27(41-31(38)25-12-10-9-11-13-25)20(2)16-26-29(40-23(5)35)21(3)18-33(26,30(19)37)42-24(6)36/h9-14,16,21,26-29H,15,17-18H2,1-8H3. The van der Waals surface area contributed by atoms with Crippen molar-refractivity contribution in [1.29, 1.82) is 0 Å². The van der Waals surface area contributed by atoms with Crippen molar-refractivity contribution in [3.63, 3.8) is 0 Å². The predicted molar refractivity (Wildman–Crippen MR) is 154 cm³/mol. The molecule has 0 amide bonds. The molecule has 1 saturated carbocycles. The molecule has 0 heterocycles. The summed E-state index contributed by atoms with van der Waals surface area (Å²) in [5.74, 6) is -3.84. The van der Waals surface area contributed by atoms with Gasteiger partial charge in [0.1, 0.15) is 18.3 Å². The zero-order valence-electron chi connectivity index (χ0n) is 25.7. The molecule has 3 rings (SSSR count). The minimum Gasteiger partial charge on any atom is -0.462 e. The van der Waals surface area contributed by atoms with Gasteiger partial charge in [-0.3, -0.25) is 19.2 Å². The molecule has 0 aliphatic heterocycles. The SMILES string of the molecule is CC(=O)OC1C(C)CC2(OC(C)=O)C(=O)C(C)=CCC(C)(C)C(OC(C)=O)CC(OC(=O)c3ccccc3)C(C)=CC12. The molecule has 2 aliphatic carbocycles. The molecule has 228 valence electrons. The van der Waals surface area contributed by atoms with Gasteiger partial charge >= 0.3 is 23.9 Å². The van der Waals surface area contributed by atoms with Gasteiger partial charge in [-0.25, -0.2) is 4.79 Å². The quantitative estimate of drug-likeness (QED) is 0.258. The highest BCUT2D eigenvalue weighted by Gasteiger charge is 2.60. The Bertz CT molecular complexity index is 1280. The molecule has 1 aromatic rings. The van der Waals surface area contributed by atoms with Gasteiger partial charge in [-0.1, -0.05) is 51.1 Å². The fraction of sp³-hybridized carbons (Fsp3) is 0.545. The second-order valence-corrected chi connectivity index (χ2v) is 12.2. The van der Waals surface area contributed by atoms with Gasteiger partial charge in [-0.05, 0) is 49.5 Å². The molecule has 0 spiro atoms. The smallest absolute Gasteiger partial charge is 0.338 e. The van der Waals surface area contributed by atoms with Crippen molar-refractivity contribution in [3.8, 4) is 0 Å². The van der Waals surface area contributed by atoms with Gasteiger partial charge in [0.2, 0.25) is 5.78 Å². The van der Waals surface area contributed by atoms with E-state index in [0.29, 0.717) is 23.1 Å². The third-order valence-corrected chi connectivity index (χ3v) is 8.20. The van der Waals surface area contributed by atoms with Crippen LogP contribution in [0, 0.1) is 17.3 Å². The number of ketones is 1. The number of esters is 4. The first-order chi connectivity index (χ1) is 19.6. The summed E-state index contributed by atoms with van der Waals surface area (Å²) in [7, 11) is 0. The summed E-state index contributed by atoms with van der Waals surface area (Å²) in [5, 5.41) is 0. The molecule has 1 aromatic carbocycles. The summed E-state index contributed by atoms with van der Waals surface area (Å²) in [4.78, 5) is 64.3. The molecule has 0 aromatic heterocycles. The molecule has 9 heteroatoms. The number of rotatable bonds is 5. The average Bonchev–Trinajstić information content (AvgIpc) is 3.15. The Balaban J connectivity index is 2.25. The Morgan fingerprint density at radius 3 is 2.07 bits per heavy atom. The predicted octanol–water partition coefficient (Wildman–Crippen LogP) is 5.32. The van der Waals surface area contributed by atoms with E-state index in [2.05, 4.69) is 0 Å². The molecule has 0 bridgehead atoms. The number of allylic oxidation sites excluding steroid dienone is 1. The number of hydrogen-bond donors (Lipinski definition) is 0. The lowest BCUT2D eigenvalue weighted by molar-refractivity contribution is -0.169. The van der Waals surface area contributed by atoms with E-state index in [1.165, 1.54) is 20.8 Å². The second-order valence-electron chi connectivity index (χ2n) is 12.2. The van der Waals surface area contributed by atoms with E-state index < -0.39 is 64.9 Å². The maximum Gasteiger partial charge on any atom is 0.338 e. The monoisotopic (exact) mass is 582 g/mol. The van der Waals surface area contributed by atoms with E-state index in [1.54, 1.807) is 56.3 Å². The van der Waals surface area contributed by atoms with E-state index in [0.717, 1.165) is 0 Å². The van der Waals surface area contributed by atoms with Crippen molar-refractivity contribution in [2.45, 2.75) is 98.6 Å². The zero-order chi connectivity index (χ0) is 31.4. The molecule has 0 N–H and O–H groups in total. The van der Waals surface area contributed by atoms with Crippen molar-refractivity contribution in [2.75, 3.05) is 0 Å². The van der Waals surface area contributed by atoms with E-state index in [9.17, 15) is 24.0 Å². The summed E-state index contributed by atoms with van der Waals surface area (Å²) in [6.07, 6.45) is 1.73. The van der Waals surface area contributed by atoms with Crippen LogP contribution in [0.3, 0.4) is 0 Å². The average molecular weight is 583 g/mol. The Morgan fingerprint density at radius 1 is 0.881 bits per heavy atom. The van der Waals surface area contributed by atoms with Crippen LogP contribution in [0.2, 0.25) is 0 Å². The van der Waals surface area contributed by atoms with E-state index in [4.69, 9.17) is 18.9 Å². The van der Waals surface area contributed by atoms with Crippen molar-refractivity contribution >= 4 is 29.7 Å². The highest BCUT2D eigenvalue weighted by Crippen LogP contribution is 2.48. The second kappa shape index (κ2) is 13.0. The lowest BCUT2D eigenvalue weighted by Crippen LogP contribution is -2.49. The van der Waals surface area contributed by atoms with Crippen LogP contribution >= 0.6 is 0 Å². The van der Waals surface area contributed by atoms with Crippen LogP contribution in [0.25, 0.3) is 0 Å². The van der Waals surface area contributed by atoms with E-state index in [1.807, 2.05) is 20.8 Å². The lowest BCUT2D eigenvalue weighted by Gasteiger charge is -2.38. The third-order valence-electron chi connectivity index (χ3n) is 8.20. The Kier molecular flexibility index (Phi) is 10.2. The van der Waals surface area contributed by atoms with Crippen molar-refractivity contribution in [2.24, 2.45) is 17.3 Å². The number of hydrogen-bond acceptors (Lipinski definition) is 9. The Morgan fingerprint density at radius 2 is 1.50 bits per heavy atom. The minimum atomic E-state index is -1.64. The number of fused-ring (bicyclic) bond motifs is 1. The summed E-state index contributed by atoms with van der Waals surface area (Å²) in [5.41, 5.74) is -1.04. The van der Waals surface area contributed by atoms with Gasteiger partial charge in [0, 0.05) is 39.0 Å². The van der Waals surface area contributed by atoms with Crippen LogP contribution in [0.1, 0.15) is 85.0 Å². The highest BCUT2D eigenvalue weighted by atomic mass is 16.6. The molecule has 6 atom stereocenters. The first-order valence-electron chi connectivity index (χ1n) is 14.3. The lowest BCUT2D eigenvalue weighted by atomic mass is 9.76. The van der Waals surface area contributed by atoms with Crippen molar-refractivity contribution < 1.29 is 42.9 Å². The highest BCUT2D eigenvalue weighted by molar-refractivity contribution is 6.03. The molecule has 9 nitrogen and oxygen atoms in total. The largest absolute Gasteiger partial charge is 0.462 e. The number of ether oxygens (including phenoxy) is 4. The van der Waals surface area contributed by atoms with Crippen LogP contribution < -0.4 is 0 Å². The van der Waals surface area contributed by atoms with Gasteiger partial charge in [0.05, 0.1) is 11.5 Å². The molecule has 1 fully saturated rings. The normalized spacial score (nSPS) is 29.4. The summed E-state index contributed by atoms with van der Waals surface area (Å²) in [6, 6.07) is 8.51. The molecule has 42 heavy (non-hydrogen) atoms. The molecular formula is C33H42O9. The minimum absolute atomic E-state index is 0.134. The van der Waals surface area contributed by atoms with Crippen LogP contribution in [0.15, 0.2) is 53.6 Å². The number of carbonyl (C=O) groups is 5. The van der Waals surface area contributed by atoms with Gasteiger partial charge in [-0.2, -0.15) is 0 Å². The van der Waals surface area contributed by atoms with E-state index >= 15 is 0 Å². The maximum atomic E-state index is 14.2. The fourth-order valence-corrected chi connectivity index (χ4v) is 6.00. The summed E-state index contributed by atoms with van der Waals surface area (Å²) in [6.45, 7) is 12.9. The Labute approximate surface area is 247 Å². The van der Waals surface area contributed by atoms with Crippen LogP contribution in [-0.2, 0) is 38.1 Å². The third kappa shape index (κ3) is 7.36. The number of Topliss-reactive ketones (excluding diaryl/α,β-unsaturated/α-hetero) is 1. The first kappa shape index (κ1) is 32.8. The van der Waals surface area contributed by atoms with E-state index in [-0.39, 0.29) is 18.8 Å². The van der Waals surface area contributed by atoms with Crippen molar-refractivity contribution in [1.82, 2.24) is 0 Å². The maximum absolute atomic E-state index is 14.2. The summed E-state index contributed by atoms with van der Waals surface area (Å²) < 4.78 is 23.4. The summed E-state index contributed by atoms with van der Waals surface area (Å²) >= 11 is 0. The fourth-order valence-electron chi connectivity index (χ4n) is 6.00. The number of benzene rings is 1. The van der Waals surface area contributed by atoms with Gasteiger partial charge in [-0.15, -0.1) is 0 Å². The van der Waals surface area contributed by atoms with Crippen LogP contribution in [-0.4, -0.2) is 53.6 Å². The number of carbonyl (C=O) groups excluding carboxylic acids is 5.